The van der Waals surface area contributed by atoms with E-state index in [9.17, 15) is 0 Å². The fourth-order valence-corrected chi connectivity index (χ4v) is 3.90. The third kappa shape index (κ3) is 3.05. The number of hydrogen-bond acceptors (Lipinski definition) is 4. The standard InChI is InChI=1S/C17H23N3S/c1-17(2)9-6-11-20(12-10-17)16-14(15(18)19-21-16)13-7-4-3-5-8-13/h3-5,7-8H,6,9-12H2,1-2H3,(H2,18,19). The van der Waals surface area contributed by atoms with E-state index in [0.717, 1.165) is 18.7 Å². The van der Waals surface area contributed by atoms with Gasteiger partial charge >= 0.3 is 0 Å². The lowest BCUT2D eigenvalue weighted by atomic mass is 9.85. The third-order valence-corrected chi connectivity index (χ3v) is 5.31. The van der Waals surface area contributed by atoms with Gasteiger partial charge in [0.05, 0.1) is 5.56 Å². The molecule has 3 rings (SSSR count). The maximum absolute atomic E-state index is 6.15. The van der Waals surface area contributed by atoms with Crippen LogP contribution in [0.15, 0.2) is 30.3 Å². The quantitative estimate of drug-likeness (QED) is 0.893. The average Bonchev–Trinajstić information content (AvgIpc) is 2.75. The van der Waals surface area contributed by atoms with Crippen LogP contribution in [0.5, 0.6) is 0 Å². The number of benzene rings is 1. The minimum Gasteiger partial charge on any atom is -0.382 e. The van der Waals surface area contributed by atoms with Crippen molar-refractivity contribution in [3.05, 3.63) is 30.3 Å². The number of hydrogen-bond donors (Lipinski definition) is 1. The third-order valence-electron chi connectivity index (χ3n) is 4.39. The molecule has 0 bridgehead atoms. The zero-order valence-corrected chi connectivity index (χ0v) is 13.6. The first-order valence-electron chi connectivity index (χ1n) is 7.62. The van der Waals surface area contributed by atoms with Crippen LogP contribution in [0.2, 0.25) is 0 Å². The molecule has 0 atom stereocenters. The molecule has 112 valence electrons. The number of nitrogens with zero attached hydrogens (tertiary/aromatic N) is 2. The molecule has 0 radical (unpaired) electrons. The highest BCUT2D eigenvalue weighted by molar-refractivity contribution is 7.11. The molecule has 3 nitrogen and oxygen atoms in total. The predicted octanol–water partition coefficient (Wildman–Crippen LogP) is 4.41. The van der Waals surface area contributed by atoms with Crippen LogP contribution in [-0.4, -0.2) is 17.5 Å². The van der Waals surface area contributed by atoms with Crippen LogP contribution < -0.4 is 10.6 Å². The summed E-state index contributed by atoms with van der Waals surface area (Å²) in [5.74, 6) is 0.657. The van der Waals surface area contributed by atoms with Crippen LogP contribution in [-0.2, 0) is 0 Å². The van der Waals surface area contributed by atoms with Crippen LogP contribution in [0.25, 0.3) is 11.1 Å². The molecule has 0 spiro atoms. The van der Waals surface area contributed by atoms with E-state index in [2.05, 4.69) is 47.4 Å². The number of nitrogens with two attached hydrogens (primary N) is 1. The molecule has 2 heterocycles. The number of aromatic nitrogens is 1. The molecular weight excluding hydrogens is 278 g/mol. The molecule has 1 aromatic heterocycles. The molecule has 1 saturated heterocycles. The normalized spacial score (nSPS) is 18.5. The summed E-state index contributed by atoms with van der Waals surface area (Å²) in [5, 5.41) is 1.23. The molecule has 1 aromatic carbocycles. The van der Waals surface area contributed by atoms with Gasteiger partial charge in [-0.3, -0.25) is 0 Å². The van der Waals surface area contributed by atoms with E-state index in [0.29, 0.717) is 11.2 Å². The van der Waals surface area contributed by atoms with E-state index in [1.807, 2.05) is 6.07 Å². The lowest BCUT2D eigenvalue weighted by molar-refractivity contribution is 0.325. The molecule has 1 aliphatic heterocycles. The molecule has 2 aromatic rings. The van der Waals surface area contributed by atoms with Gasteiger partial charge in [0, 0.05) is 13.1 Å². The summed E-state index contributed by atoms with van der Waals surface area (Å²) in [6.45, 7) is 6.94. The molecule has 21 heavy (non-hydrogen) atoms. The fraction of sp³-hybridized carbons (Fsp3) is 0.471. The molecule has 0 aliphatic carbocycles. The summed E-state index contributed by atoms with van der Waals surface area (Å²) in [6.07, 6.45) is 3.75. The van der Waals surface area contributed by atoms with Gasteiger partial charge in [0.1, 0.15) is 10.8 Å². The van der Waals surface area contributed by atoms with Crippen LogP contribution in [0.3, 0.4) is 0 Å². The van der Waals surface area contributed by atoms with E-state index in [1.54, 1.807) is 0 Å². The summed E-state index contributed by atoms with van der Waals surface area (Å²) < 4.78 is 4.41. The van der Waals surface area contributed by atoms with Crippen LogP contribution in [0.4, 0.5) is 10.8 Å². The van der Waals surface area contributed by atoms with Crippen molar-refractivity contribution < 1.29 is 0 Å². The maximum Gasteiger partial charge on any atom is 0.147 e. The molecule has 1 aliphatic rings. The minimum absolute atomic E-state index is 0.442. The number of anilines is 2. The average molecular weight is 301 g/mol. The van der Waals surface area contributed by atoms with Gasteiger partial charge in [-0.2, -0.15) is 4.37 Å². The Morgan fingerprint density at radius 2 is 1.90 bits per heavy atom. The van der Waals surface area contributed by atoms with E-state index < -0.39 is 0 Å². The van der Waals surface area contributed by atoms with E-state index in [-0.39, 0.29) is 0 Å². The first-order chi connectivity index (χ1) is 10.1. The molecular formula is C17H23N3S. The number of rotatable bonds is 2. The van der Waals surface area contributed by atoms with Crippen molar-refractivity contribution >= 4 is 22.4 Å². The first kappa shape index (κ1) is 14.4. The molecule has 1 fully saturated rings. The van der Waals surface area contributed by atoms with Crippen molar-refractivity contribution in [3.8, 4) is 11.1 Å². The number of nitrogen functional groups attached to an aromatic ring is 1. The molecule has 0 saturated carbocycles. The largest absolute Gasteiger partial charge is 0.382 e. The second-order valence-electron chi connectivity index (χ2n) is 6.62. The summed E-state index contributed by atoms with van der Waals surface area (Å²) >= 11 is 1.54. The molecule has 2 N–H and O–H groups in total. The van der Waals surface area contributed by atoms with Crippen molar-refractivity contribution in [1.29, 1.82) is 0 Å². The van der Waals surface area contributed by atoms with E-state index >= 15 is 0 Å². The maximum atomic E-state index is 6.15. The summed E-state index contributed by atoms with van der Waals surface area (Å²) in [4.78, 5) is 2.48. The SMILES string of the molecule is CC1(C)CCCN(c2snc(N)c2-c2ccccc2)CC1. The lowest BCUT2D eigenvalue weighted by Gasteiger charge is -2.24. The van der Waals surface area contributed by atoms with Gasteiger partial charge in [-0.1, -0.05) is 44.2 Å². The van der Waals surface area contributed by atoms with Crippen molar-refractivity contribution in [2.24, 2.45) is 5.41 Å². The van der Waals surface area contributed by atoms with Crippen molar-refractivity contribution in [2.45, 2.75) is 33.1 Å². The van der Waals surface area contributed by atoms with Gasteiger partial charge in [-0.25, -0.2) is 0 Å². The van der Waals surface area contributed by atoms with Gasteiger partial charge < -0.3 is 10.6 Å². The van der Waals surface area contributed by atoms with E-state index in [1.165, 1.54) is 41.4 Å². The Bertz CT molecular complexity index is 604. The predicted molar refractivity (Wildman–Crippen MR) is 91.8 cm³/mol. The van der Waals surface area contributed by atoms with E-state index in [4.69, 9.17) is 5.73 Å². The van der Waals surface area contributed by atoms with Gasteiger partial charge in [-0.05, 0) is 41.8 Å². The Morgan fingerprint density at radius 1 is 1.14 bits per heavy atom. The van der Waals surface area contributed by atoms with Crippen molar-refractivity contribution in [3.63, 3.8) is 0 Å². The van der Waals surface area contributed by atoms with Crippen LogP contribution in [0, 0.1) is 5.41 Å². The van der Waals surface area contributed by atoms with Gasteiger partial charge in [0.15, 0.2) is 0 Å². The van der Waals surface area contributed by atoms with Crippen molar-refractivity contribution in [1.82, 2.24) is 4.37 Å². The Morgan fingerprint density at radius 3 is 2.67 bits per heavy atom. The highest BCUT2D eigenvalue weighted by Crippen LogP contribution is 2.41. The Labute approximate surface area is 131 Å². The van der Waals surface area contributed by atoms with Gasteiger partial charge in [0.25, 0.3) is 0 Å². The highest BCUT2D eigenvalue weighted by Gasteiger charge is 2.26. The Kier molecular flexibility index (Phi) is 3.89. The van der Waals surface area contributed by atoms with Gasteiger partial charge in [-0.15, -0.1) is 0 Å². The summed E-state index contributed by atoms with van der Waals surface area (Å²) in [5.41, 5.74) is 8.87. The van der Waals surface area contributed by atoms with Crippen LogP contribution >= 0.6 is 11.5 Å². The summed E-state index contributed by atoms with van der Waals surface area (Å²) in [7, 11) is 0. The highest BCUT2D eigenvalue weighted by atomic mass is 32.1. The molecule has 0 amide bonds. The minimum atomic E-state index is 0.442. The molecule has 0 unspecified atom stereocenters. The van der Waals surface area contributed by atoms with Crippen molar-refractivity contribution in [2.75, 3.05) is 23.7 Å². The zero-order valence-electron chi connectivity index (χ0n) is 12.8. The smallest absolute Gasteiger partial charge is 0.147 e. The van der Waals surface area contributed by atoms with Crippen LogP contribution in [0.1, 0.15) is 33.1 Å². The summed E-state index contributed by atoms with van der Waals surface area (Å²) in [6, 6.07) is 10.4. The second-order valence-corrected chi connectivity index (χ2v) is 7.37. The molecule has 4 heteroatoms. The Balaban J connectivity index is 1.93. The topological polar surface area (TPSA) is 42.2 Å². The monoisotopic (exact) mass is 301 g/mol. The van der Waals surface area contributed by atoms with Gasteiger partial charge in [0.2, 0.25) is 0 Å². The fourth-order valence-electron chi connectivity index (χ4n) is 3.01. The Hall–Kier alpha value is -1.55. The first-order valence-corrected chi connectivity index (χ1v) is 8.40. The zero-order chi connectivity index (χ0) is 14.9. The lowest BCUT2D eigenvalue weighted by Crippen LogP contribution is -2.24. The second kappa shape index (κ2) is 5.68.